The zero-order valence-electron chi connectivity index (χ0n) is 12.1. The van der Waals surface area contributed by atoms with Crippen LogP contribution in [0.2, 0.25) is 0 Å². The van der Waals surface area contributed by atoms with Gasteiger partial charge in [0.25, 0.3) is 5.69 Å². The van der Waals surface area contributed by atoms with Gasteiger partial charge < -0.3 is 5.11 Å². The highest BCUT2D eigenvalue weighted by Crippen LogP contribution is 2.17. The lowest BCUT2D eigenvalue weighted by molar-refractivity contribution is -0.385. The van der Waals surface area contributed by atoms with Crippen LogP contribution in [0, 0.1) is 10.1 Å². The van der Waals surface area contributed by atoms with Crippen LogP contribution in [0.5, 0.6) is 0 Å². The van der Waals surface area contributed by atoms with E-state index < -0.39 is 21.0 Å². The van der Waals surface area contributed by atoms with Gasteiger partial charge in [-0.05, 0) is 18.1 Å². The molecule has 23 heavy (non-hydrogen) atoms. The Balaban J connectivity index is 2.18. The summed E-state index contributed by atoms with van der Waals surface area (Å²) in [5, 5.41) is 20.2. The van der Waals surface area contributed by atoms with Gasteiger partial charge in [-0.2, -0.15) is 0 Å². The molecule has 0 aliphatic carbocycles. The smallest absolute Gasteiger partial charge is 0.270 e. The van der Waals surface area contributed by atoms with Crippen LogP contribution in [0.4, 0.5) is 5.69 Å². The third-order valence-corrected chi connectivity index (χ3v) is 4.72. The number of sulfonamides is 1. The number of nitro benzene ring substituents is 1. The summed E-state index contributed by atoms with van der Waals surface area (Å²) in [6, 6.07) is 13.2. The number of aliphatic hydroxyl groups excluding tert-OH is 1. The first-order chi connectivity index (χ1) is 10.9. The second kappa shape index (κ2) is 7.32. The van der Waals surface area contributed by atoms with Crippen molar-refractivity contribution in [3.63, 3.8) is 0 Å². The van der Waals surface area contributed by atoms with Crippen LogP contribution >= 0.6 is 0 Å². The maximum Gasteiger partial charge on any atom is 0.270 e. The first kappa shape index (κ1) is 17.1. The molecule has 1 unspecified atom stereocenters. The molecule has 0 amide bonds. The zero-order chi connectivity index (χ0) is 16.9. The average Bonchev–Trinajstić information content (AvgIpc) is 2.55. The predicted molar refractivity (Wildman–Crippen MR) is 84.4 cm³/mol. The molecule has 0 fully saturated rings. The molecular formula is C15H16N2O5S. The topological polar surface area (TPSA) is 110 Å². The molecule has 0 saturated heterocycles. The molecule has 8 heteroatoms. The molecule has 1 atom stereocenters. The second-order valence-electron chi connectivity index (χ2n) is 4.94. The number of hydrogen-bond donors (Lipinski definition) is 2. The molecule has 2 aromatic carbocycles. The highest BCUT2D eigenvalue weighted by Gasteiger charge is 2.21. The van der Waals surface area contributed by atoms with E-state index in [1.54, 1.807) is 0 Å². The highest BCUT2D eigenvalue weighted by atomic mass is 32.2. The van der Waals surface area contributed by atoms with Gasteiger partial charge in [0, 0.05) is 18.2 Å². The van der Waals surface area contributed by atoms with Gasteiger partial charge in [-0.15, -0.1) is 0 Å². The fourth-order valence-electron chi connectivity index (χ4n) is 2.09. The lowest BCUT2D eigenvalue weighted by Crippen LogP contribution is -2.39. The largest absolute Gasteiger partial charge is 0.395 e. The zero-order valence-corrected chi connectivity index (χ0v) is 12.9. The minimum atomic E-state index is -3.96. The quantitative estimate of drug-likeness (QED) is 0.588. The monoisotopic (exact) mass is 336 g/mol. The number of non-ortho nitro benzene ring substituents is 1. The molecule has 7 nitrogen and oxygen atoms in total. The van der Waals surface area contributed by atoms with Crippen LogP contribution in [0.15, 0.2) is 59.5 Å². The van der Waals surface area contributed by atoms with Crippen molar-refractivity contribution >= 4 is 15.7 Å². The Morgan fingerprint density at radius 1 is 1.13 bits per heavy atom. The van der Waals surface area contributed by atoms with Crippen LogP contribution in [0.25, 0.3) is 0 Å². The van der Waals surface area contributed by atoms with Crippen molar-refractivity contribution in [1.82, 2.24) is 4.72 Å². The van der Waals surface area contributed by atoms with E-state index in [0.29, 0.717) is 6.42 Å². The van der Waals surface area contributed by atoms with E-state index in [1.165, 1.54) is 18.2 Å². The van der Waals surface area contributed by atoms with Gasteiger partial charge in [-0.1, -0.05) is 36.4 Å². The summed E-state index contributed by atoms with van der Waals surface area (Å²) in [4.78, 5) is 9.88. The minimum Gasteiger partial charge on any atom is -0.395 e. The summed E-state index contributed by atoms with van der Waals surface area (Å²) in [7, 11) is -3.96. The van der Waals surface area contributed by atoms with Crippen LogP contribution in [-0.4, -0.2) is 31.1 Å². The van der Waals surface area contributed by atoms with Gasteiger partial charge in [0.1, 0.15) is 0 Å². The normalized spacial score (nSPS) is 12.7. The Hall–Kier alpha value is -2.29. The average molecular weight is 336 g/mol. The molecule has 0 bridgehead atoms. The molecule has 0 heterocycles. The summed E-state index contributed by atoms with van der Waals surface area (Å²) in [5.74, 6) is 0. The van der Waals surface area contributed by atoms with E-state index in [9.17, 15) is 23.6 Å². The first-order valence-corrected chi connectivity index (χ1v) is 8.32. The van der Waals surface area contributed by atoms with Crippen molar-refractivity contribution in [2.45, 2.75) is 17.4 Å². The van der Waals surface area contributed by atoms with Gasteiger partial charge in [-0.25, -0.2) is 13.1 Å². The number of benzene rings is 2. The van der Waals surface area contributed by atoms with E-state index >= 15 is 0 Å². The first-order valence-electron chi connectivity index (χ1n) is 6.84. The van der Waals surface area contributed by atoms with Crippen LogP contribution < -0.4 is 4.72 Å². The number of nitrogens with zero attached hydrogens (tertiary/aromatic N) is 1. The van der Waals surface area contributed by atoms with Crippen LogP contribution in [-0.2, 0) is 16.4 Å². The molecule has 0 saturated carbocycles. The number of rotatable bonds is 7. The predicted octanol–water partition coefficient (Wildman–Crippen LogP) is 1.48. The minimum absolute atomic E-state index is 0.210. The molecule has 0 aliphatic rings. The van der Waals surface area contributed by atoms with E-state index in [-0.39, 0.29) is 17.2 Å². The van der Waals surface area contributed by atoms with Crippen molar-refractivity contribution in [2.24, 2.45) is 0 Å². The SMILES string of the molecule is O=[N+]([O-])c1cccc(S(=O)(=O)NC(CO)Cc2ccccc2)c1. The Labute approximate surface area is 133 Å². The van der Waals surface area contributed by atoms with Gasteiger partial charge in [0.15, 0.2) is 0 Å². The fraction of sp³-hybridized carbons (Fsp3) is 0.200. The number of nitrogens with one attached hydrogen (secondary N) is 1. The fourth-order valence-corrected chi connectivity index (χ4v) is 3.36. The standard InChI is InChI=1S/C15H16N2O5S/c18-11-13(9-12-5-2-1-3-6-12)16-23(21,22)15-8-4-7-14(10-15)17(19)20/h1-8,10,13,16,18H,9,11H2. The molecular weight excluding hydrogens is 320 g/mol. The Bertz CT molecular complexity index is 777. The molecule has 0 spiro atoms. The highest BCUT2D eigenvalue weighted by molar-refractivity contribution is 7.89. The molecule has 2 N–H and O–H groups in total. The van der Waals surface area contributed by atoms with Crippen molar-refractivity contribution in [2.75, 3.05) is 6.61 Å². The summed E-state index contributed by atoms with van der Waals surface area (Å²) in [6.45, 7) is -0.386. The Morgan fingerprint density at radius 2 is 1.83 bits per heavy atom. The third-order valence-electron chi connectivity index (χ3n) is 3.21. The van der Waals surface area contributed by atoms with Crippen LogP contribution in [0.1, 0.15) is 5.56 Å². The van der Waals surface area contributed by atoms with Gasteiger partial charge in [0.2, 0.25) is 10.0 Å². The van der Waals surface area contributed by atoms with E-state index in [4.69, 9.17) is 0 Å². The molecule has 0 aliphatic heterocycles. The van der Waals surface area contributed by atoms with E-state index in [1.807, 2.05) is 30.3 Å². The molecule has 0 radical (unpaired) electrons. The lowest BCUT2D eigenvalue weighted by atomic mass is 10.1. The number of aliphatic hydroxyl groups is 1. The second-order valence-corrected chi connectivity index (χ2v) is 6.66. The lowest BCUT2D eigenvalue weighted by Gasteiger charge is -2.16. The van der Waals surface area contributed by atoms with Gasteiger partial charge in [-0.3, -0.25) is 10.1 Å². The van der Waals surface area contributed by atoms with Crippen molar-refractivity contribution in [3.05, 3.63) is 70.3 Å². The Kier molecular flexibility index (Phi) is 5.43. The van der Waals surface area contributed by atoms with E-state index in [0.717, 1.165) is 11.6 Å². The van der Waals surface area contributed by atoms with Crippen molar-refractivity contribution < 1.29 is 18.4 Å². The van der Waals surface area contributed by atoms with Gasteiger partial charge in [0.05, 0.1) is 16.4 Å². The maximum atomic E-state index is 12.3. The van der Waals surface area contributed by atoms with Crippen molar-refractivity contribution in [3.8, 4) is 0 Å². The van der Waals surface area contributed by atoms with Crippen LogP contribution in [0.3, 0.4) is 0 Å². The van der Waals surface area contributed by atoms with Crippen molar-refractivity contribution in [1.29, 1.82) is 0 Å². The Morgan fingerprint density at radius 3 is 2.43 bits per heavy atom. The summed E-state index contributed by atoms with van der Waals surface area (Å²) < 4.78 is 27.0. The maximum absolute atomic E-state index is 12.3. The number of nitro groups is 1. The molecule has 0 aromatic heterocycles. The van der Waals surface area contributed by atoms with E-state index in [2.05, 4.69) is 4.72 Å². The third kappa shape index (κ3) is 4.59. The molecule has 2 aromatic rings. The van der Waals surface area contributed by atoms with Gasteiger partial charge >= 0.3 is 0 Å². The molecule has 2 rings (SSSR count). The summed E-state index contributed by atoms with van der Waals surface area (Å²) in [6.07, 6.45) is 0.311. The summed E-state index contributed by atoms with van der Waals surface area (Å²) in [5.41, 5.74) is 0.560. The summed E-state index contributed by atoms with van der Waals surface area (Å²) >= 11 is 0. The molecule has 122 valence electrons. The number of hydrogen-bond acceptors (Lipinski definition) is 5.